The fraction of sp³-hybridized carbons (Fsp3) is 0.143. The molecule has 0 radical (unpaired) electrons. The third-order valence-electron chi connectivity index (χ3n) is 5.51. The molecule has 2 heteroatoms. The minimum atomic E-state index is 0.0873. The Morgan fingerprint density at radius 3 is 1.27 bits per heavy atom. The average molecular weight is 392 g/mol. The van der Waals surface area contributed by atoms with Gasteiger partial charge >= 0.3 is 0 Å². The van der Waals surface area contributed by atoms with Crippen molar-refractivity contribution < 1.29 is 9.59 Å². The number of carbonyl (C=O) groups is 2. The second kappa shape index (κ2) is 8.46. The summed E-state index contributed by atoms with van der Waals surface area (Å²) < 4.78 is 0. The number of hydrogen-bond donors (Lipinski definition) is 0. The zero-order valence-corrected chi connectivity index (χ0v) is 17.3. The lowest BCUT2D eigenvalue weighted by Crippen LogP contribution is -2.14. The van der Waals surface area contributed by atoms with Gasteiger partial charge < -0.3 is 0 Å². The number of benzene rings is 2. The molecule has 0 saturated heterocycles. The van der Waals surface area contributed by atoms with Crippen LogP contribution in [0.4, 0.5) is 0 Å². The van der Waals surface area contributed by atoms with Crippen LogP contribution in [-0.4, -0.2) is 11.6 Å². The summed E-state index contributed by atoms with van der Waals surface area (Å²) in [6, 6.07) is 20.1. The van der Waals surface area contributed by atoms with Crippen molar-refractivity contribution in [1.82, 2.24) is 0 Å². The highest BCUT2D eigenvalue weighted by molar-refractivity contribution is 6.12. The van der Waals surface area contributed by atoms with E-state index in [1.165, 1.54) is 0 Å². The first-order chi connectivity index (χ1) is 14.5. The predicted octanol–water partition coefficient (Wildman–Crippen LogP) is 5.68. The third-order valence-corrected chi connectivity index (χ3v) is 5.51. The molecule has 30 heavy (non-hydrogen) atoms. The van der Waals surface area contributed by atoms with Gasteiger partial charge in [-0.05, 0) is 71.6 Å². The zero-order chi connectivity index (χ0) is 21.1. The molecule has 4 rings (SSSR count). The van der Waals surface area contributed by atoms with Crippen LogP contribution in [0.2, 0.25) is 0 Å². The molecular formula is C28H24O2. The number of Topliss-reactive ketones (excluding diaryl/α,β-unsaturated/α-hetero) is 2. The summed E-state index contributed by atoms with van der Waals surface area (Å²) in [6.45, 7) is 3.72. The van der Waals surface area contributed by atoms with Crippen LogP contribution in [0.1, 0.15) is 25.0 Å². The second-order valence-electron chi connectivity index (χ2n) is 7.89. The molecule has 0 spiro atoms. The Labute approximate surface area is 177 Å². The van der Waals surface area contributed by atoms with Crippen molar-refractivity contribution in [3.63, 3.8) is 0 Å². The molecule has 148 valence electrons. The monoisotopic (exact) mass is 392 g/mol. The molecule has 0 N–H and O–H groups in total. The van der Waals surface area contributed by atoms with Gasteiger partial charge in [0.2, 0.25) is 0 Å². The smallest absolute Gasteiger partial charge is 0.185 e. The summed E-state index contributed by atoms with van der Waals surface area (Å²) in [5, 5.41) is 0. The summed E-state index contributed by atoms with van der Waals surface area (Å²) in [4.78, 5) is 25.5. The van der Waals surface area contributed by atoms with E-state index in [0.717, 1.165) is 44.6 Å². The Balaban J connectivity index is 1.73. The average Bonchev–Trinajstić information content (AvgIpc) is 2.76. The minimum absolute atomic E-state index is 0.0873. The molecule has 2 aliphatic carbocycles. The van der Waals surface area contributed by atoms with Gasteiger partial charge in [-0.1, -0.05) is 60.7 Å². The van der Waals surface area contributed by atoms with Gasteiger partial charge in [0.1, 0.15) is 0 Å². The van der Waals surface area contributed by atoms with E-state index >= 15 is 0 Å². The van der Waals surface area contributed by atoms with E-state index in [-0.39, 0.29) is 11.6 Å². The van der Waals surface area contributed by atoms with E-state index in [0.29, 0.717) is 12.8 Å². The first-order valence-corrected chi connectivity index (χ1v) is 10.2. The standard InChI is InChI=1S/C28H24O2/c1-19-13-23(17-25(27(19)29)15-21-9-5-3-6-10-21)24-14-20(2)28(30)26(18-24)16-22-11-7-4-8-12-22/h3-14,17-18H,15-16H2,1-2H3/b24-23+. The quantitative estimate of drug-likeness (QED) is 0.671. The number of allylic oxidation sites excluding steroid dienone is 10. The van der Waals surface area contributed by atoms with Crippen LogP contribution in [0.25, 0.3) is 0 Å². The fourth-order valence-electron chi connectivity index (χ4n) is 3.92. The SMILES string of the molecule is CC1=C/C(=C2/C=C(C)C(=O)C(Cc3ccccc3)=C2)C=C(Cc2ccccc2)C1=O. The molecule has 0 fully saturated rings. The van der Waals surface area contributed by atoms with E-state index in [1.807, 2.05) is 98.8 Å². The maximum absolute atomic E-state index is 12.7. The zero-order valence-electron chi connectivity index (χ0n) is 17.3. The highest BCUT2D eigenvalue weighted by Crippen LogP contribution is 2.29. The molecular weight excluding hydrogens is 368 g/mol. The fourth-order valence-corrected chi connectivity index (χ4v) is 3.92. The van der Waals surface area contributed by atoms with E-state index in [4.69, 9.17) is 0 Å². The number of carbonyl (C=O) groups excluding carboxylic acids is 2. The summed E-state index contributed by atoms with van der Waals surface area (Å²) in [5.41, 5.74) is 7.21. The van der Waals surface area contributed by atoms with Gasteiger partial charge in [0.25, 0.3) is 0 Å². The Kier molecular flexibility index (Phi) is 5.58. The lowest BCUT2D eigenvalue weighted by molar-refractivity contribution is -0.113. The lowest BCUT2D eigenvalue weighted by Gasteiger charge is -2.18. The number of hydrogen-bond acceptors (Lipinski definition) is 2. The molecule has 2 aromatic carbocycles. The van der Waals surface area contributed by atoms with Crippen molar-refractivity contribution in [2.45, 2.75) is 26.7 Å². The van der Waals surface area contributed by atoms with Crippen LogP contribution in [0.5, 0.6) is 0 Å². The molecule has 0 saturated carbocycles. The van der Waals surface area contributed by atoms with Crippen LogP contribution >= 0.6 is 0 Å². The topological polar surface area (TPSA) is 34.1 Å². The van der Waals surface area contributed by atoms with E-state index in [9.17, 15) is 9.59 Å². The van der Waals surface area contributed by atoms with Gasteiger partial charge in [-0.25, -0.2) is 0 Å². The van der Waals surface area contributed by atoms with Crippen molar-refractivity contribution in [3.8, 4) is 0 Å². The van der Waals surface area contributed by atoms with Gasteiger partial charge in [0.05, 0.1) is 0 Å². The van der Waals surface area contributed by atoms with Crippen LogP contribution < -0.4 is 0 Å². The molecule has 0 bridgehead atoms. The van der Waals surface area contributed by atoms with Crippen LogP contribution in [0.15, 0.2) is 118 Å². The Bertz CT molecular complexity index is 1060. The molecule has 0 aliphatic heterocycles. The first kappa shape index (κ1) is 19.8. The van der Waals surface area contributed by atoms with Crippen molar-refractivity contribution in [3.05, 3.63) is 130 Å². The maximum Gasteiger partial charge on any atom is 0.185 e. The largest absolute Gasteiger partial charge is 0.289 e. The molecule has 0 atom stereocenters. The second-order valence-corrected chi connectivity index (χ2v) is 7.89. The Morgan fingerprint density at radius 2 is 0.900 bits per heavy atom. The molecule has 2 aromatic rings. The van der Waals surface area contributed by atoms with Gasteiger partial charge in [-0.3, -0.25) is 9.59 Å². The van der Waals surface area contributed by atoms with E-state index in [1.54, 1.807) is 0 Å². The van der Waals surface area contributed by atoms with E-state index in [2.05, 4.69) is 0 Å². The molecule has 2 nitrogen and oxygen atoms in total. The molecule has 0 heterocycles. The molecule has 0 amide bonds. The summed E-state index contributed by atoms with van der Waals surface area (Å²) in [7, 11) is 0. The van der Waals surface area contributed by atoms with Gasteiger partial charge in [0, 0.05) is 24.0 Å². The van der Waals surface area contributed by atoms with Crippen molar-refractivity contribution >= 4 is 11.6 Å². The van der Waals surface area contributed by atoms with E-state index < -0.39 is 0 Å². The van der Waals surface area contributed by atoms with Crippen molar-refractivity contribution in [2.75, 3.05) is 0 Å². The highest BCUT2D eigenvalue weighted by atomic mass is 16.1. The molecule has 0 aromatic heterocycles. The summed E-state index contributed by atoms with van der Waals surface area (Å²) in [6.07, 6.45) is 9.03. The Morgan fingerprint density at radius 1 is 0.533 bits per heavy atom. The minimum Gasteiger partial charge on any atom is -0.289 e. The van der Waals surface area contributed by atoms with Gasteiger partial charge in [0.15, 0.2) is 11.6 Å². The Hall–Kier alpha value is -3.52. The molecule has 2 aliphatic rings. The van der Waals surface area contributed by atoms with Crippen LogP contribution in [0, 0.1) is 0 Å². The predicted molar refractivity (Wildman–Crippen MR) is 121 cm³/mol. The van der Waals surface area contributed by atoms with Crippen LogP contribution in [-0.2, 0) is 22.4 Å². The highest BCUT2D eigenvalue weighted by Gasteiger charge is 2.22. The summed E-state index contributed by atoms with van der Waals surface area (Å²) >= 11 is 0. The number of ketones is 2. The lowest BCUT2D eigenvalue weighted by atomic mass is 9.84. The van der Waals surface area contributed by atoms with Crippen molar-refractivity contribution in [2.24, 2.45) is 0 Å². The number of rotatable bonds is 4. The normalized spacial score (nSPS) is 19.1. The van der Waals surface area contributed by atoms with Crippen LogP contribution in [0.3, 0.4) is 0 Å². The maximum atomic E-state index is 12.7. The molecule has 0 unspecified atom stereocenters. The van der Waals surface area contributed by atoms with Gasteiger partial charge in [-0.15, -0.1) is 0 Å². The van der Waals surface area contributed by atoms with Gasteiger partial charge in [-0.2, -0.15) is 0 Å². The summed E-state index contributed by atoms with van der Waals surface area (Å²) in [5.74, 6) is 0.175. The first-order valence-electron chi connectivity index (χ1n) is 10.2. The third kappa shape index (κ3) is 4.23. The van der Waals surface area contributed by atoms with Crippen molar-refractivity contribution in [1.29, 1.82) is 0 Å².